The first-order chi connectivity index (χ1) is 18.7. The molecule has 3 aromatic heterocycles. The third-order valence-electron chi connectivity index (χ3n) is 6.59. The first kappa shape index (κ1) is 25.9. The quantitative estimate of drug-likeness (QED) is 0.268. The van der Waals surface area contributed by atoms with E-state index in [2.05, 4.69) is 4.98 Å². The summed E-state index contributed by atoms with van der Waals surface area (Å²) in [5, 5.41) is 19.1. The summed E-state index contributed by atoms with van der Waals surface area (Å²) in [7, 11) is 0. The lowest BCUT2D eigenvalue weighted by Gasteiger charge is -2.33. The predicted molar refractivity (Wildman–Crippen MR) is 151 cm³/mol. The molecule has 0 spiro atoms. The average molecular weight is 523 g/mol. The summed E-state index contributed by atoms with van der Waals surface area (Å²) in [4.78, 5) is 27.3. The van der Waals surface area contributed by atoms with E-state index >= 15 is 0 Å². The molecule has 198 valence electrons. The fourth-order valence-electron chi connectivity index (χ4n) is 4.46. The Morgan fingerprint density at radius 3 is 2.26 bits per heavy atom. The van der Waals surface area contributed by atoms with E-state index in [9.17, 15) is 15.0 Å². The van der Waals surface area contributed by atoms with Crippen molar-refractivity contribution in [1.82, 2.24) is 24.4 Å². The van der Waals surface area contributed by atoms with Gasteiger partial charge in [0, 0.05) is 29.5 Å². The van der Waals surface area contributed by atoms with Crippen LogP contribution in [0.2, 0.25) is 0 Å². The number of aromatic nitrogens is 4. The van der Waals surface area contributed by atoms with Crippen LogP contribution in [0.15, 0.2) is 79.0 Å². The van der Waals surface area contributed by atoms with Crippen LogP contribution in [0.4, 0.5) is 10.6 Å². The van der Waals surface area contributed by atoms with Gasteiger partial charge in [0.15, 0.2) is 11.5 Å². The standard InChI is InChI=1S/C30H30N6O3/c1-30(2,3)35(29(38)39)17-19-8-12-22(13-9-19)36-27(23-5-4-16-32-26(23)31)34-25-15-14-24(33-28(25)36)21-10-6-20(18-37)7-11-21/h4-16,37H,17-18H2,1-3H3,(H2,31,32)(H,38,39). The van der Waals surface area contributed by atoms with Crippen LogP contribution < -0.4 is 5.73 Å². The number of nitrogens with two attached hydrogens (primary N) is 1. The number of fused-ring (bicyclic) bond motifs is 1. The maximum absolute atomic E-state index is 11.8. The largest absolute Gasteiger partial charge is 0.465 e. The van der Waals surface area contributed by atoms with Crippen molar-refractivity contribution in [2.75, 3.05) is 5.73 Å². The number of nitrogen functional groups attached to an aromatic ring is 1. The fourth-order valence-corrected chi connectivity index (χ4v) is 4.46. The molecule has 0 aliphatic heterocycles. The number of benzene rings is 2. The van der Waals surface area contributed by atoms with Crippen LogP contribution >= 0.6 is 0 Å². The number of anilines is 1. The minimum atomic E-state index is -0.967. The number of pyridine rings is 2. The normalized spacial score (nSPS) is 11.6. The zero-order valence-electron chi connectivity index (χ0n) is 22.0. The second-order valence-electron chi connectivity index (χ2n) is 10.3. The van der Waals surface area contributed by atoms with Gasteiger partial charge in [-0.15, -0.1) is 0 Å². The Bertz CT molecular complexity index is 1640. The minimum absolute atomic E-state index is 0.0224. The molecule has 9 heteroatoms. The Labute approximate surface area is 226 Å². The summed E-state index contributed by atoms with van der Waals surface area (Å²) < 4.78 is 1.94. The van der Waals surface area contributed by atoms with Crippen molar-refractivity contribution in [1.29, 1.82) is 0 Å². The van der Waals surface area contributed by atoms with E-state index in [0.717, 1.165) is 28.1 Å². The number of carboxylic acid groups (broad SMARTS) is 1. The molecule has 9 nitrogen and oxygen atoms in total. The molecule has 5 rings (SSSR count). The number of aliphatic hydroxyl groups excluding tert-OH is 1. The highest BCUT2D eigenvalue weighted by Gasteiger charge is 2.26. The minimum Gasteiger partial charge on any atom is -0.465 e. The lowest BCUT2D eigenvalue weighted by molar-refractivity contribution is 0.0955. The summed E-state index contributed by atoms with van der Waals surface area (Å²) in [6.07, 6.45) is 0.668. The molecule has 0 bridgehead atoms. The number of imidazole rings is 1. The molecule has 0 radical (unpaired) electrons. The highest BCUT2D eigenvalue weighted by Crippen LogP contribution is 2.32. The molecule has 3 heterocycles. The van der Waals surface area contributed by atoms with Crippen LogP contribution in [-0.2, 0) is 13.2 Å². The van der Waals surface area contributed by atoms with Gasteiger partial charge in [-0.1, -0.05) is 36.4 Å². The van der Waals surface area contributed by atoms with Crippen molar-refractivity contribution in [3.8, 4) is 28.3 Å². The Morgan fingerprint density at radius 2 is 1.64 bits per heavy atom. The Hall–Kier alpha value is -4.76. The zero-order chi connectivity index (χ0) is 27.7. The van der Waals surface area contributed by atoms with Gasteiger partial charge in [0.05, 0.1) is 17.9 Å². The molecule has 1 amide bonds. The van der Waals surface area contributed by atoms with Crippen LogP contribution in [-0.4, -0.2) is 46.3 Å². The second kappa shape index (κ2) is 10.2. The summed E-state index contributed by atoms with van der Waals surface area (Å²) in [6.45, 7) is 5.86. The van der Waals surface area contributed by atoms with Crippen LogP contribution in [0, 0.1) is 0 Å². The topological polar surface area (TPSA) is 130 Å². The van der Waals surface area contributed by atoms with Gasteiger partial charge in [-0.2, -0.15) is 0 Å². The van der Waals surface area contributed by atoms with E-state index < -0.39 is 11.6 Å². The lowest BCUT2D eigenvalue weighted by Crippen LogP contribution is -2.44. The van der Waals surface area contributed by atoms with Crippen LogP contribution in [0.3, 0.4) is 0 Å². The molecule has 0 aliphatic rings. The molecular formula is C30H30N6O3. The van der Waals surface area contributed by atoms with E-state index in [4.69, 9.17) is 15.7 Å². The van der Waals surface area contributed by atoms with Gasteiger partial charge in [0.2, 0.25) is 0 Å². The maximum atomic E-state index is 11.8. The van der Waals surface area contributed by atoms with Crippen molar-refractivity contribution in [2.24, 2.45) is 0 Å². The first-order valence-corrected chi connectivity index (χ1v) is 12.6. The Kier molecular flexibility index (Phi) is 6.76. The number of amides is 1. The highest BCUT2D eigenvalue weighted by atomic mass is 16.4. The molecule has 4 N–H and O–H groups in total. The highest BCUT2D eigenvalue weighted by molar-refractivity contribution is 5.84. The van der Waals surface area contributed by atoms with Crippen LogP contribution in [0.5, 0.6) is 0 Å². The van der Waals surface area contributed by atoms with E-state index in [1.165, 1.54) is 4.90 Å². The smallest absolute Gasteiger partial charge is 0.408 e. The van der Waals surface area contributed by atoms with Gasteiger partial charge in [0.25, 0.3) is 0 Å². The Balaban J connectivity index is 1.63. The average Bonchev–Trinajstić information content (AvgIpc) is 3.30. The van der Waals surface area contributed by atoms with E-state index in [-0.39, 0.29) is 13.2 Å². The molecule has 0 atom stereocenters. The monoisotopic (exact) mass is 522 g/mol. The van der Waals surface area contributed by atoms with E-state index in [0.29, 0.717) is 28.4 Å². The van der Waals surface area contributed by atoms with E-state index in [1.807, 2.05) is 98.1 Å². The summed E-state index contributed by atoms with van der Waals surface area (Å²) >= 11 is 0. The van der Waals surface area contributed by atoms with Crippen molar-refractivity contribution in [2.45, 2.75) is 39.5 Å². The molecule has 0 saturated carbocycles. The number of rotatable bonds is 6. The molecule has 2 aromatic carbocycles. The first-order valence-electron chi connectivity index (χ1n) is 12.6. The number of carbonyl (C=O) groups is 1. The Morgan fingerprint density at radius 1 is 0.949 bits per heavy atom. The third-order valence-corrected chi connectivity index (χ3v) is 6.59. The van der Waals surface area contributed by atoms with E-state index in [1.54, 1.807) is 6.20 Å². The molecule has 0 fully saturated rings. The van der Waals surface area contributed by atoms with Crippen molar-refractivity contribution >= 4 is 23.1 Å². The van der Waals surface area contributed by atoms with Gasteiger partial charge in [-0.05, 0) is 68.3 Å². The lowest BCUT2D eigenvalue weighted by atomic mass is 10.1. The molecule has 0 unspecified atom stereocenters. The van der Waals surface area contributed by atoms with Crippen LogP contribution in [0.25, 0.3) is 39.5 Å². The zero-order valence-corrected chi connectivity index (χ0v) is 22.0. The summed E-state index contributed by atoms with van der Waals surface area (Å²) in [5.41, 5.74) is 11.9. The molecule has 0 aliphatic carbocycles. The SMILES string of the molecule is CC(C)(C)N(Cc1ccc(-n2c(-c3cccnc3N)nc3ccc(-c4ccc(CO)cc4)nc32)cc1)C(=O)O. The predicted octanol–water partition coefficient (Wildman–Crippen LogP) is 5.50. The third kappa shape index (κ3) is 5.17. The second-order valence-corrected chi connectivity index (χ2v) is 10.3. The van der Waals surface area contributed by atoms with Crippen LogP contribution in [0.1, 0.15) is 31.9 Å². The van der Waals surface area contributed by atoms with Gasteiger partial charge in [-0.25, -0.2) is 19.7 Å². The number of hydrogen-bond donors (Lipinski definition) is 3. The van der Waals surface area contributed by atoms with Gasteiger partial charge >= 0.3 is 6.09 Å². The number of aliphatic hydroxyl groups is 1. The molecule has 39 heavy (non-hydrogen) atoms. The van der Waals surface area contributed by atoms with Gasteiger partial charge < -0.3 is 15.9 Å². The fraction of sp³-hybridized carbons (Fsp3) is 0.200. The number of nitrogens with zero attached hydrogens (tertiary/aromatic N) is 5. The molecule has 5 aromatic rings. The number of hydrogen-bond acceptors (Lipinski definition) is 6. The van der Waals surface area contributed by atoms with Crippen molar-refractivity contribution < 1.29 is 15.0 Å². The van der Waals surface area contributed by atoms with Gasteiger partial charge in [0.1, 0.15) is 11.3 Å². The van der Waals surface area contributed by atoms with Crippen molar-refractivity contribution in [3.05, 3.63) is 90.1 Å². The van der Waals surface area contributed by atoms with Crippen molar-refractivity contribution in [3.63, 3.8) is 0 Å². The summed E-state index contributed by atoms with van der Waals surface area (Å²) in [6, 6.07) is 22.8. The maximum Gasteiger partial charge on any atom is 0.408 e. The molecular weight excluding hydrogens is 492 g/mol. The summed E-state index contributed by atoms with van der Waals surface area (Å²) in [5.74, 6) is 0.957. The molecule has 0 saturated heterocycles. The van der Waals surface area contributed by atoms with Gasteiger partial charge in [-0.3, -0.25) is 9.47 Å².